The minimum atomic E-state index is -0.0885. The Kier molecular flexibility index (Phi) is 5.97. The van der Waals surface area contributed by atoms with Crippen molar-refractivity contribution in [1.82, 2.24) is 10.3 Å². The molecule has 0 bridgehead atoms. The van der Waals surface area contributed by atoms with Crippen LogP contribution in [0.2, 0.25) is 0 Å². The summed E-state index contributed by atoms with van der Waals surface area (Å²) in [6.45, 7) is 5.25. The second-order valence-electron chi connectivity index (χ2n) is 6.35. The predicted octanol–water partition coefficient (Wildman–Crippen LogP) is 4.45. The van der Waals surface area contributed by atoms with Crippen LogP contribution < -0.4 is 5.32 Å². The fraction of sp³-hybridized carbons (Fsp3) is 0.273. The molecule has 1 N–H and O–H groups in total. The second kappa shape index (κ2) is 8.59. The van der Waals surface area contributed by atoms with E-state index >= 15 is 0 Å². The molecular formula is C22H24N2O2. The molecule has 4 nitrogen and oxygen atoms in total. The average molecular weight is 348 g/mol. The highest BCUT2D eigenvalue weighted by atomic mass is 16.5. The molecule has 1 amide bonds. The number of carbonyl (C=O) groups excluding carboxylic acids is 1. The largest absolute Gasteiger partial charge is 0.377 e. The van der Waals surface area contributed by atoms with Crippen molar-refractivity contribution in [3.8, 4) is 11.3 Å². The molecule has 0 unspecified atom stereocenters. The van der Waals surface area contributed by atoms with Crippen molar-refractivity contribution in [1.29, 1.82) is 0 Å². The summed E-state index contributed by atoms with van der Waals surface area (Å²) in [5.41, 5.74) is 2.56. The molecule has 1 atom stereocenters. The van der Waals surface area contributed by atoms with Crippen molar-refractivity contribution in [3.05, 3.63) is 66.4 Å². The SMILES string of the molecule is CCCO[C@H](C)CNC(=O)c1ccc(-c2nccc3ccccc23)cc1. The Hall–Kier alpha value is -2.72. The Bertz CT molecular complexity index is 869. The lowest BCUT2D eigenvalue weighted by atomic mass is 10.0. The number of nitrogens with one attached hydrogen (secondary N) is 1. The number of rotatable bonds is 7. The van der Waals surface area contributed by atoms with E-state index in [1.807, 2.05) is 55.6 Å². The molecule has 0 fully saturated rings. The third-order valence-electron chi connectivity index (χ3n) is 4.25. The molecule has 4 heteroatoms. The molecule has 0 aliphatic carbocycles. The molecule has 3 aromatic rings. The van der Waals surface area contributed by atoms with E-state index in [2.05, 4.69) is 29.4 Å². The Morgan fingerprint density at radius 3 is 2.65 bits per heavy atom. The molecule has 0 aliphatic rings. The topological polar surface area (TPSA) is 51.2 Å². The van der Waals surface area contributed by atoms with Gasteiger partial charge in [0.1, 0.15) is 0 Å². The minimum Gasteiger partial charge on any atom is -0.377 e. The molecule has 1 aromatic heterocycles. The maximum absolute atomic E-state index is 12.3. The van der Waals surface area contributed by atoms with E-state index in [1.165, 1.54) is 0 Å². The van der Waals surface area contributed by atoms with Crippen molar-refractivity contribution in [2.45, 2.75) is 26.4 Å². The predicted molar refractivity (Wildman–Crippen MR) is 105 cm³/mol. The van der Waals surface area contributed by atoms with Gasteiger partial charge in [-0.1, -0.05) is 43.3 Å². The van der Waals surface area contributed by atoms with Gasteiger partial charge in [-0.2, -0.15) is 0 Å². The van der Waals surface area contributed by atoms with E-state index in [0.29, 0.717) is 18.7 Å². The normalized spacial score (nSPS) is 12.1. The number of carbonyl (C=O) groups is 1. The minimum absolute atomic E-state index is 0.0121. The number of aromatic nitrogens is 1. The number of amides is 1. The molecular weight excluding hydrogens is 324 g/mol. The molecule has 0 radical (unpaired) electrons. The summed E-state index contributed by atoms with van der Waals surface area (Å²) in [6.07, 6.45) is 2.80. The molecule has 1 heterocycles. The van der Waals surface area contributed by atoms with Gasteiger partial charge in [-0.15, -0.1) is 0 Å². The molecule has 0 spiro atoms. The van der Waals surface area contributed by atoms with Gasteiger partial charge in [-0.25, -0.2) is 0 Å². The van der Waals surface area contributed by atoms with Gasteiger partial charge in [-0.05, 0) is 36.9 Å². The summed E-state index contributed by atoms with van der Waals surface area (Å²) in [4.78, 5) is 16.8. The van der Waals surface area contributed by atoms with E-state index in [9.17, 15) is 4.79 Å². The Morgan fingerprint density at radius 1 is 1.12 bits per heavy atom. The average Bonchev–Trinajstić information content (AvgIpc) is 2.70. The first kappa shape index (κ1) is 18.1. The van der Waals surface area contributed by atoms with Crippen LogP contribution in [0.25, 0.3) is 22.0 Å². The van der Waals surface area contributed by atoms with Crippen LogP contribution in [0.15, 0.2) is 60.8 Å². The lowest BCUT2D eigenvalue weighted by molar-refractivity contribution is 0.0622. The van der Waals surface area contributed by atoms with Gasteiger partial charge >= 0.3 is 0 Å². The van der Waals surface area contributed by atoms with Gasteiger partial charge in [0.25, 0.3) is 5.91 Å². The lowest BCUT2D eigenvalue weighted by Gasteiger charge is -2.13. The van der Waals surface area contributed by atoms with Crippen LogP contribution >= 0.6 is 0 Å². The summed E-state index contributed by atoms with van der Waals surface area (Å²) in [5, 5.41) is 5.18. The fourth-order valence-corrected chi connectivity index (χ4v) is 2.85. The van der Waals surface area contributed by atoms with Crippen molar-refractivity contribution < 1.29 is 9.53 Å². The van der Waals surface area contributed by atoms with Crippen LogP contribution in [0.4, 0.5) is 0 Å². The van der Waals surface area contributed by atoms with Crippen molar-refractivity contribution in [2.75, 3.05) is 13.2 Å². The Labute approximate surface area is 154 Å². The highest BCUT2D eigenvalue weighted by Gasteiger charge is 2.10. The first-order valence-corrected chi connectivity index (χ1v) is 9.03. The zero-order valence-corrected chi connectivity index (χ0v) is 15.2. The molecule has 134 valence electrons. The van der Waals surface area contributed by atoms with Gasteiger partial charge in [0.05, 0.1) is 11.8 Å². The number of ether oxygens (including phenoxy) is 1. The molecule has 2 aromatic carbocycles. The van der Waals surface area contributed by atoms with Crippen molar-refractivity contribution in [3.63, 3.8) is 0 Å². The molecule has 3 rings (SSSR count). The van der Waals surface area contributed by atoms with Gasteiger partial charge in [0.15, 0.2) is 0 Å². The monoisotopic (exact) mass is 348 g/mol. The number of fused-ring (bicyclic) bond motifs is 1. The number of nitrogens with zero attached hydrogens (tertiary/aromatic N) is 1. The van der Waals surface area contributed by atoms with E-state index in [0.717, 1.165) is 28.5 Å². The van der Waals surface area contributed by atoms with Crippen LogP contribution in [0.1, 0.15) is 30.6 Å². The van der Waals surface area contributed by atoms with E-state index < -0.39 is 0 Å². The van der Waals surface area contributed by atoms with Gasteiger partial charge in [-0.3, -0.25) is 9.78 Å². The molecule has 0 aliphatic heterocycles. The lowest BCUT2D eigenvalue weighted by Crippen LogP contribution is -2.32. The van der Waals surface area contributed by atoms with Gasteiger partial charge in [0, 0.05) is 35.9 Å². The Morgan fingerprint density at radius 2 is 1.88 bits per heavy atom. The number of pyridine rings is 1. The van der Waals surface area contributed by atoms with Crippen LogP contribution in [0.3, 0.4) is 0 Å². The maximum Gasteiger partial charge on any atom is 0.251 e. The number of hydrogen-bond acceptors (Lipinski definition) is 3. The first-order valence-electron chi connectivity index (χ1n) is 9.03. The van der Waals surface area contributed by atoms with Gasteiger partial charge < -0.3 is 10.1 Å². The van der Waals surface area contributed by atoms with Crippen LogP contribution in [0, 0.1) is 0 Å². The van der Waals surface area contributed by atoms with Crippen molar-refractivity contribution >= 4 is 16.7 Å². The zero-order valence-electron chi connectivity index (χ0n) is 15.2. The van der Waals surface area contributed by atoms with Crippen molar-refractivity contribution in [2.24, 2.45) is 0 Å². The number of hydrogen-bond donors (Lipinski definition) is 1. The molecule has 0 saturated carbocycles. The smallest absolute Gasteiger partial charge is 0.251 e. The van der Waals surface area contributed by atoms with E-state index in [1.54, 1.807) is 0 Å². The van der Waals surface area contributed by atoms with E-state index in [-0.39, 0.29) is 12.0 Å². The Balaban J connectivity index is 1.71. The fourth-order valence-electron chi connectivity index (χ4n) is 2.85. The summed E-state index contributed by atoms with van der Waals surface area (Å²) in [5.74, 6) is -0.0885. The quantitative estimate of drug-likeness (QED) is 0.686. The zero-order chi connectivity index (χ0) is 18.4. The van der Waals surface area contributed by atoms with Crippen LogP contribution in [-0.4, -0.2) is 30.1 Å². The summed E-state index contributed by atoms with van der Waals surface area (Å²) >= 11 is 0. The third-order valence-corrected chi connectivity index (χ3v) is 4.25. The standard InChI is InChI=1S/C22H24N2O2/c1-3-14-26-16(2)15-24-22(25)19-10-8-18(9-11-19)21-20-7-5-4-6-17(20)12-13-23-21/h4-13,16H,3,14-15H2,1-2H3,(H,24,25)/t16-/m1/s1. The summed E-state index contributed by atoms with van der Waals surface area (Å²) in [6, 6.07) is 17.7. The molecule has 26 heavy (non-hydrogen) atoms. The van der Waals surface area contributed by atoms with E-state index in [4.69, 9.17) is 4.74 Å². The highest BCUT2D eigenvalue weighted by Crippen LogP contribution is 2.26. The first-order chi connectivity index (χ1) is 12.7. The molecule has 0 saturated heterocycles. The summed E-state index contributed by atoms with van der Waals surface area (Å²) < 4.78 is 5.57. The number of benzene rings is 2. The third kappa shape index (κ3) is 4.27. The maximum atomic E-state index is 12.3. The van der Waals surface area contributed by atoms with Gasteiger partial charge in [0.2, 0.25) is 0 Å². The van der Waals surface area contributed by atoms with Crippen LogP contribution in [-0.2, 0) is 4.74 Å². The second-order valence-corrected chi connectivity index (χ2v) is 6.35. The summed E-state index contributed by atoms with van der Waals surface area (Å²) in [7, 11) is 0. The van der Waals surface area contributed by atoms with Crippen LogP contribution in [0.5, 0.6) is 0 Å². The highest BCUT2D eigenvalue weighted by molar-refractivity contribution is 5.97.